The molecule has 2 rings (SSSR count). The van der Waals surface area contributed by atoms with Crippen molar-refractivity contribution in [2.75, 3.05) is 33.4 Å². The van der Waals surface area contributed by atoms with Gasteiger partial charge in [0, 0.05) is 26.2 Å². The molecule has 3 heteroatoms. The zero-order valence-electron chi connectivity index (χ0n) is 9.11. The smallest absolute Gasteiger partial charge is 0.0503 e. The molecule has 0 bridgehead atoms. The van der Waals surface area contributed by atoms with Crippen LogP contribution in [0.5, 0.6) is 0 Å². The lowest BCUT2D eigenvalue weighted by Gasteiger charge is -2.20. The Morgan fingerprint density at radius 3 is 2.86 bits per heavy atom. The summed E-state index contributed by atoms with van der Waals surface area (Å²) < 4.78 is 5.18. The summed E-state index contributed by atoms with van der Waals surface area (Å²) in [4.78, 5) is 2.51. The molecule has 1 heterocycles. The van der Waals surface area contributed by atoms with Gasteiger partial charge in [0.25, 0.3) is 0 Å². The van der Waals surface area contributed by atoms with E-state index in [4.69, 9.17) is 10.5 Å². The zero-order chi connectivity index (χ0) is 9.97. The van der Waals surface area contributed by atoms with Crippen LogP contribution in [-0.2, 0) is 4.74 Å². The standard InChI is InChI=1S/C11H22N2O/c1-14-8-9-4-5-13(6-9)7-11(12)10-2-3-10/h9-11H,2-8,12H2,1H3. The van der Waals surface area contributed by atoms with E-state index in [2.05, 4.69) is 4.90 Å². The minimum Gasteiger partial charge on any atom is -0.384 e. The number of rotatable bonds is 5. The van der Waals surface area contributed by atoms with E-state index in [-0.39, 0.29) is 0 Å². The Bertz CT molecular complexity index is 182. The van der Waals surface area contributed by atoms with E-state index in [0.29, 0.717) is 6.04 Å². The summed E-state index contributed by atoms with van der Waals surface area (Å²) >= 11 is 0. The van der Waals surface area contributed by atoms with Crippen LogP contribution in [0.25, 0.3) is 0 Å². The molecule has 1 saturated heterocycles. The van der Waals surface area contributed by atoms with Gasteiger partial charge in [-0.3, -0.25) is 0 Å². The average molecular weight is 198 g/mol. The highest BCUT2D eigenvalue weighted by atomic mass is 16.5. The molecule has 0 aromatic heterocycles. The van der Waals surface area contributed by atoms with Gasteiger partial charge in [0.15, 0.2) is 0 Å². The van der Waals surface area contributed by atoms with Gasteiger partial charge < -0.3 is 15.4 Å². The molecule has 0 spiro atoms. The fourth-order valence-corrected chi connectivity index (χ4v) is 2.42. The van der Waals surface area contributed by atoms with Gasteiger partial charge in [-0.15, -0.1) is 0 Å². The molecule has 2 unspecified atom stereocenters. The first-order valence-electron chi connectivity index (χ1n) is 5.76. The van der Waals surface area contributed by atoms with Crippen molar-refractivity contribution in [2.45, 2.75) is 25.3 Å². The van der Waals surface area contributed by atoms with Crippen molar-refractivity contribution in [1.29, 1.82) is 0 Å². The molecule has 14 heavy (non-hydrogen) atoms. The second-order valence-electron chi connectivity index (χ2n) is 4.87. The lowest BCUT2D eigenvalue weighted by Crippen LogP contribution is -2.37. The Balaban J connectivity index is 1.67. The third-order valence-corrected chi connectivity index (χ3v) is 3.47. The van der Waals surface area contributed by atoms with Crippen LogP contribution in [0.4, 0.5) is 0 Å². The normalized spacial score (nSPS) is 30.9. The van der Waals surface area contributed by atoms with Crippen LogP contribution >= 0.6 is 0 Å². The lowest BCUT2D eigenvalue weighted by atomic mass is 10.1. The summed E-state index contributed by atoms with van der Waals surface area (Å²) in [5.74, 6) is 1.57. The molecule has 0 aromatic carbocycles. The fourth-order valence-electron chi connectivity index (χ4n) is 2.42. The third-order valence-electron chi connectivity index (χ3n) is 3.47. The van der Waals surface area contributed by atoms with Gasteiger partial charge in [-0.1, -0.05) is 0 Å². The monoisotopic (exact) mass is 198 g/mol. The third kappa shape index (κ3) is 2.69. The van der Waals surface area contributed by atoms with E-state index < -0.39 is 0 Å². The van der Waals surface area contributed by atoms with E-state index in [1.54, 1.807) is 7.11 Å². The maximum absolute atomic E-state index is 6.11. The van der Waals surface area contributed by atoms with Crippen LogP contribution in [-0.4, -0.2) is 44.3 Å². The molecule has 0 amide bonds. The number of hydrogen-bond acceptors (Lipinski definition) is 3. The highest BCUT2D eigenvalue weighted by Gasteiger charge is 2.31. The largest absolute Gasteiger partial charge is 0.384 e. The summed E-state index contributed by atoms with van der Waals surface area (Å²) in [6, 6.07) is 0.427. The maximum atomic E-state index is 6.11. The van der Waals surface area contributed by atoms with Gasteiger partial charge in [0.1, 0.15) is 0 Å². The number of ether oxygens (including phenoxy) is 1. The van der Waals surface area contributed by atoms with Gasteiger partial charge >= 0.3 is 0 Å². The van der Waals surface area contributed by atoms with Gasteiger partial charge in [0.2, 0.25) is 0 Å². The SMILES string of the molecule is COCC1CCN(CC(N)C2CC2)C1. The predicted octanol–water partition coefficient (Wildman–Crippen LogP) is 0.692. The Hall–Kier alpha value is -0.120. The number of hydrogen-bond donors (Lipinski definition) is 1. The van der Waals surface area contributed by atoms with Crippen LogP contribution in [0.15, 0.2) is 0 Å². The molecule has 0 aromatic rings. The van der Waals surface area contributed by atoms with Crippen molar-refractivity contribution >= 4 is 0 Å². The summed E-state index contributed by atoms with van der Waals surface area (Å²) in [6.45, 7) is 4.42. The van der Waals surface area contributed by atoms with Gasteiger partial charge in [-0.25, -0.2) is 0 Å². The first kappa shape index (κ1) is 10.4. The molecule has 1 saturated carbocycles. The number of nitrogens with two attached hydrogens (primary N) is 1. The molecule has 2 aliphatic rings. The quantitative estimate of drug-likeness (QED) is 0.706. The van der Waals surface area contributed by atoms with Crippen molar-refractivity contribution in [2.24, 2.45) is 17.6 Å². The van der Waals surface area contributed by atoms with Crippen molar-refractivity contribution in [1.82, 2.24) is 4.90 Å². The van der Waals surface area contributed by atoms with E-state index in [1.807, 2.05) is 0 Å². The van der Waals surface area contributed by atoms with Gasteiger partial charge in [-0.2, -0.15) is 0 Å². The summed E-state index contributed by atoms with van der Waals surface area (Å²) in [5, 5.41) is 0. The van der Waals surface area contributed by atoms with Gasteiger partial charge in [0.05, 0.1) is 6.61 Å². The molecular formula is C11H22N2O. The van der Waals surface area contributed by atoms with Crippen molar-refractivity contribution in [3.8, 4) is 0 Å². The van der Waals surface area contributed by atoms with E-state index in [0.717, 1.165) is 25.0 Å². The van der Waals surface area contributed by atoms with E-state index in [1.165, 1.54) is 32.4 Å². The Labute approximate surface area is 86.6 Å². The Kier molecular flexibility index (Phi) is 3.42. The van der Waals surface area contributed by atoms with Crippen LogP contribution in [0.1, 0.15) is 19.3 Å². The molecule has 1 aliphatic carbocycles. The number of methoxy groups -OCH3 is 1. The highest BCUT2D eigenvalue weighted by molar-refractivity contribution is 4.88. The fraction of sp³-hybridized carbons (Fsp3) is 1.00. The minimum atomic E-state index is 0.427. The predicted molar refractivity (Wildman–Crippen MR) is 57.1 cm³/mol. The molecule has 2 N–H and O–H groups in total. The second-order valence-corrected chi connectivity index (χ2v) is 4.87. The van der Waals surface area contributed by atoms with Crippen LogP contribution in [0.3, 0.4) is 0 Å². The minimum absolute atomic E-state index is 0.427. The maximum Gasteiger partial charge on any atom is 0.0503 e. The topological polar surface area (TPSA) is 38.5 Å². The van der Waals surface area contributed by atoms with E-state index >= 15 is 0 Å². The Morgan fingerprint density at radius 1 is 1.43 bits per heavy atom. The molecular weight excluding hydrogens is 176 g/mol. The second kappa shape index (κ2) is 4.60. The number of likely N-dealkylation sites (tertiary alicyclic amines) is 1. The first-order valence-corrected chi connectivity index (χ1v) is 5.76. The van der Waals surface area contributed by atoms with Crippen LogP contribution in [0.2, 0.25) is 0 Å². The lowest BCUT2D eigenvalue weighted by molar-refractivity contribution is 0.152. The van der Waals surface area contributed by atoms with E-state index in [9.17, 15) is 0 Å². The summed E-state index contributed by atoms with van der Waals surface area (Å²) in [6.07, 6.45) is 4.00. The van der Waals surface area contributed by atoms with Crippen LogP contribution in [0, 0.1) is 11.8 Å². The number of nitrogens with zero attached hydrogens (tertiary/aromatic N) is 1. The molecule has 2 atom stereocenters. The van der Waals surface area contributed by atoms with Crippen molar-refractivity contribution in [3.63, 3.8) is 0 Å². The van der Waals surface area contributed by atoms with Crippen molar-refractivity contribution < 1.29 is 4.74 Å². The summed E-state index contributed by atoms with van der Waals surface area (Å²) in [5.41, 5.74) is 6.11. The summed E-state index contributed by atoms with van der Waals surface area (Å²) in [7, 11) is 1.79. The molecule has 3 nitrogen and oxygen atoms in total. The molecule has 1 aliphatic heterocycles. The zero-order valence-corrected chi connectivity index (χ0v) is 9.11. The first-order chi connectivity index (χ1) is 6.79. The molecule has 2 fully saturated rings. The average Bonchev–Trinajstić information content (AvgIpc) is 2.92. The highest BCUT2D eigenvalue weighted by Crippen LogP contribution is 2.32. The molecule has 82 valence electrons. The van der Waals surface area contributed by atoms with Gasteiger partial charge in [-0.05, 0) is 37.6 Å². The van der Waals surface area contributed by atoms with Crippen LogP contribution < -0.4 is 5.73 Å². The van der Waals surface area contributed by atoms with Crippen molar-refractivity contribution in [3.05, 3.63) is 0 Å². The Morgan fingerprint density at radius 2 is 2.21 bits per heavy atom. The molecule has 0 radical (unpaired) electrons.